The van der Waals surface area contributed by atoms with Gasteiger partial charge in [0.05, 0.1) is 12.7 Å². The van der Waals surface area contributed by atoms with Crippen molar-refractivity contribution in [3.05, 3.63) is 34.9 Å². The van der Waals surface area contributed by atoms with Gasteiger partial charge in [0.1, 0.15) is 0 Å². The van der Waals surface area contributed by atoms with E-state index in [1.165, 1.54) is 7.11 Å². The summed E-state index contributed by atoms with van der Waals surface area (Å²) in [6.07, 6.45) is 5.66. The van der Waals surface area contributed by atoms with Crippen LogP contribution in [0.15, 0.2) is 34.9 Å². The minimum Gasteiger partial charge on any atom is -0.465 e. The normalized spacial score (nSPS) is 13.8. The molecule has 0 spiro atoms. The first-order valence-corrected chi connectivity index (χ1v) is 5.73. The van der Waals surface area contributed by atoms with E-state index < -0.39 is 0 Å². The van der Waals surface area contributed by atoms with Gasteiger partial charge in [0.15, 0.2) is 0 Å². The quantitative estimate of drug-likeness (QED) is 0.353. The molecule has 1 unspecified atom stereocenters. The van der Waals surface area contributed by atoms with Crippen LogP contribution < -0.4 is 0 Å². The van der Waals surface area contributed by atoms with Crippen molar-refractivity contribution in [3.8, 4) is 0 Å². The van der Waals surface area contributed by atoms with E-state index in [-0.39, 0.29) is 11.2 Å². The summed E-state index contributed by atoms with van der Waals surface area (Å²) in [5.74, 6) is -0.307. The van der Waals surface area contributed by atoms with E-state index in [1.807, 2.05) is 39.8 Å². The molecule has 0 aliphatic carbocycles. The van der Waals surface area contributed by atoms with Crippen molar-refractivity contribution in [2.45, 2.75) is 32.9 Å². The predicted octanol–water partition coefficient (Wildman–Crippen LogP) is 3.32. The molecular formula is C13H20O2S. The maximum Gasteiger partial charge on any atom is 0.337 e. The first-order chi connectivity index (χ1) is 7.43. The first-order valence-electron chi connectivity index (χ1n) is 5.22. The summed E-state index contributed by atoms with van der Waals surface area (Å²) >= 11 is 4.35. The van der Waals surface area contributed by atoms with Gasteiger partial charge in [-0.25, -0.2) is 4.79 Å². The zero-order valence-corrected chi connectivity index (χ0v) is 11.5. The predicted molar refractivity (Wildman–Crippen MR) is 71.7 cm³/mol. The maximum absolute atomic E-state index is 11.5. The zero-order chi connectivity index (χ0) is 12.7. The minimum absolute atomic E-state index is 0.150. The number of hydrogen-bond acceptors (Lipinski definition) is 3. The van der Waals surface area contributed by atoms with Crippen LogP contribution in [0.1, 0.15) is 27.7 Å². The lowest BCUT2D eigenvalue weighted by Gasteiger charge is -2.06. The molecule has 0 aliphatic rings. The SMILES string of the molecule is C/C=C(\C=C/C(C(=O)OC)=C(C)C)C(C)S. The number of carbonyl (C=O) groups is 1. The topological polar surface area (TPSA) is 26.3 Å². The van der Waals surface area contributed by atoms with E-state index in [0.29, 0.717) is 5.57 Å². The Morgan fingerprint density at radius 3 is 2.19 bits per heavy atom. The molecule has 0 saturated carbocycles. The molecule has 0 radical (unpaired) electrons. The summed E-state index contributed by atoms with van der Waals surface area (Å²) in [5, 5.41) is 0.150. The molecule has 3 heteroatoms. The number of esters is 1. The summed E-state index contributed by atoms with van der Waals surface area (Å²) in [7, 11) is 1.39. The number of carbonyl (C=O) groups excluding carboxylic acids is 1. The Balaban J connectivity index is 5.00. The van der Waals surface area contributed by atoms with Crippen LogP contribution in [0.5, 0.6) is 0 Å². The zero-order valence-electron chi connectivity index (χ0n) is 10.6. The molecule has 0 heterocycles. The third kappa shape index (κ3) is 4.71. The van der Waals surface area contributed by atoms with Gasteiger partial charge in [-0.15, -0.1) is 0 Å². The molecule has 1 atom stereocenters. The largest absolute Gasteiger partial charge is 0.465 e. The first kappa shape index (κ1) is 15.0. The average molecular weight is 240 g/mol. The number of methoxy groups -OCH3 is 1. The molecule has 0 saturated heterocycles. The van der Waals surface area contributed by atoms with Crippen LogP contribution in [0.3, 0.4) is 0 Å². The highest BCUT2D eigenvalue weighted by Gasteiger charge is 2.08. The number of thiol groups is 1. The van der Waals surface area contributed by atoms with E-state index in [4.69, 9.17) is 4.74 Å². The van der Waals surface area contributed by atoms with E-state index in [1.54, 1.807) is 6.08 Å². The van der Waals surface area contributed by atoms with Crippen molar-refractivity contribution < 1.29 is 9.53 Å². The molecule has 0 bridgehead atoms. The van der Waals surface area contributed by atoms with Crippen LogP contribution in [0.4, 0.5) is 0 Å². The minimum atomic E-state index is -0.307. The van der Waals surface area contributed by atoms with Crippen LogP contribution in [0, 0.1) is 0 Å². The molecule has 90 valence electrons. The van der Waals surface area contributed by atoms with Crippen molar-refractivity contribution in [2.75, 3.05) is 7.11 Å². The molecule has 0 amide bonds. The molecule has 0 fully saturated rings. The highest BCUT2D eigenvalue weighted by molar-refractivity contribution is 7.81. The maximum atomic E-state index is 11.5. The fourth-order valence-electron chi connectivity index (χ4n) is 1.21. The Morgan fingerprint density at radius 2 is 1.88 bits per heavy atom. The highest BCUT2D eigenvalue weighted by atomic mass is 32.1. The monoisotopic (exact) mass is 240 g/mol. The summed E-state index contributed by atoms with van der Waals surface area (Å²) in [4.78, 5) is 11.5. The second kappa shape index (κ2) is 7.34. The van der Waals surface area contributed by atoms with Gasteiger partial charge < -0.3 is 4.74 Å². The van der Waals surface area contributed by atoms with Crippen LogP contribution in [-0.4, -0.2) is 18.3 Å². The van der Waals surface area contributed by atoms with Gasteiger partial charge in [-0.3, -0.25) is 0 Å². The highest BCUT2D eigenvalue weighted by Crippen LogP contribution is 2.13. The fraction of sp³-hybridized carbons (Fsp3) is 0.462. The summed E-state index contributed by atoms with van der Waals surface area (Å²) in [5.41, 5.74) is 2.60. The molecule has 0 aliphatic heterocycles. The number of allylic oxidation sites excluding steroid dienone is 3. The van der Waals surface area contributed by atoms with Crippen molar-refractivity contribution >= 4 is 18.6 Å². The molecular weight excluding hydrogens is 220 g/mol. The van der Waals surface area contributed by atoms with Gasteiger partial charge in [-0.2, -0.15) is 12.6 Å². The van der Waals surface area contributed by atoms with E-state index in [2.05, 4.69) is 12.6 Å². The van der Waals surface area contributed by atoms with Gasteiger partial charge in [-0.1, -0.05) is 17.7 Å². The fourth-order valence-corrected chi connectivity index (χ4v) is 1.44. The standard InChI is InChI=1S/C13H20O2S/c1-6-11(10(4)16)7-8-12(9(2)3)13(14)15-5/h6-8,10,16H,1-5H3/b8-7-,11-6+. The summed E-state index contributed by atoms with van der Waals surface area (Å²) in [6.45, 7) is 7.71. The lowest BCUT2D eigenvalue weighted by Crippen LogP contribution is -2.04. The molecule has 0 aromatic rings. The average Bonchev–Trinajstić information content (AvgIpc) is 2.22. The third-order valence-corrected chi connectivity index (χ3v) is 2.50. The van der Waals surface area contributed by atoms with Crippen LogP contribution in [0.25, 0.3) is 0 Å². The summed E-state index contributed by atoms with van der Waals surface area (Å²) in [6, 6.07) is 0. The Labute approximate surface area is 103 Å². The summed E-state index contributed by atoms with van der Waals surface area (Å²) < 4.78 is 4.71. The Morgan fingerprint density at radius 1 is 1.31 bits per heavy atom. The molecule has 0 aromatic carbocycles. The van der Waals surface area contributed by atoms with E-state index >= 15 is 0 Å². The second-order valence-electron chi connectivity index (χ2n) is 3.70. The van der Waals surface area contributed by atoms with Crippen molar-refractivity contribution in [1.82, 2.24) is 0 Å². The molecule has 16 heavy (non-hydrogen) atoms. The Bertz CT molecular complexity index is 332. The van der Waals surface area contributed by atoms with Crippen molar-refractivity contribution in [3.63, 3.8) is 0 Å². The van der Waals surface area contributed by atoms with Gasteiger partial charge in [0.25, 0.3) is 0 Å². The third-order valence-electron chi connectivity index (χ3n) is 2.20. The van der Waals surface area contributed by atoms with Crippen molar-refractivity contribution in [1.29, 1.82) is 0 Å². The molecule has 0 aromatic heterocycles. The van der Waals surface area contributed by atoms with Crippen molar-refractivity contribution in [2.24, 2.45) is 0 Å². The number of ether oxygens (including phenoxy) is 1. The molecule has 2 nitrogen and oxygen atoms in total. The number of rotatable bonds is 4. The van der Waals surface area contributed by atoms with E-state index in [9.17, 15) is 4.79 Å². The lowest BCUT2D eigenvalue weighted by atomic mass is 10.1. The smallest absolute Gasteiger partial charge is 0.337 e. The Hall–Kier alpha value is -0.960. The number of hydrogen-bond donors (Lipinski definition) is 1. The molecule has 0 rings (SSSR count). The van der Waals surface area contributed by atoms with Gasteiger partial charge in [0.2, 0.25) is 0 Å². The lowest BCUT2D eigenvalue weighted by molar-refractivity contribution is -0.135. The van der Waals surface area contributed by atoms with E-state index in [0.717, 1.165) is 11.1 Å². The van der Waals surface area contributed by atoms with Crippen LogP contribution in [0.2, 0.25) is 0 Å². The second-order valence-corrected chi connectivity index (χ2v) is 4.48. The Kier molecular flexibility index (Phi) is 6.90. The van der Waals surface area contributed by atoms with Gasteiger partial charge in [-0.05, 0) is 39.3 Å². The van der Waals surface area contributed by atoms with Gasteiger partial charge >= 0.3 is 5.97 Å². The van der Waals surface area contributed by atoms with Gasteiger partial charge in [0, 0.05) is 5.25 Å². The molecule has 0 N–H and O–H groups in total. The van der Waals surface area contributed by atoms with Crippen LogP contribution >= 0.6 is 12.6 Å². The van der Waals surface area contributed by atoms with Crippen LogP contribution in [-0.2, 0) is 9.53 Å².